The number of hydrogen-bond acceptors (Lipinski definition) is 4. The molecule has 126 valence electrons. The molecule has 0 aliphatic heterocycles. The SMILES string of the molecule is CCCCn1ccnc1CNCCc1ccc(OC)c(OC)c1. The number of methoxy groups -OCH3 is 2. The van der Waals surface area contributed by atoms with E-state index in [0.29, 0.717) is 0 Å². The van der Waals surface area contributed by atoms with E-state index in [1.54, 1.807) is 14.2 Å². The van der Waals surface area contributed by atoms with Gasteiger partial charge in [0.2, 0.25) is 0 Å². The number of hydrogen-bond donors (Lipinski definition) is 1. The fourth-order valence-corrected chi connectivity index (χ4v) is 2.51. The number of nitrogens with zero attached hydrogens (tertiary/aromatic N) is 2. The van der Waals surface area contributed by atoms with Crippen molar-refractivity contribution in [2.75, 3.05) is 20.8 Å². The zero-order valence-electron chi connectivity index (χ0n) is 14.3. The molecule has 0 amide bonds. The molecular formula is C18H27N3O2. The van der Waals surface area contributed by atoms with Crippen molar-refractivity contribution in [2.45, 2.75) is 39.3 Å². The largest absolute Gasteiger partial charge is 0.493 e. The summed E-state index contributed by atoms with van der Waals surface area (Å²) in [6.45, 7) is 4.95. The maximum atomic E-state index is 5.34. The topological polar surface area (TPSA) is 48.3 Å². The van der Waals surface area contributed by atoms with Crippen LogP contribution in [-0.2, 0) is 19.5 Å². The fraction of sp³-hybridized carbons (Fsp3) is 0.500. The van der Waals surface area contributed by atoms with E-state index in [4.69, 9.17) is 9.47 Å². The third kappa shape index (κ3) is 4.99. The van der Waals surface area contributed by atoms with Crippen LogP contribution in [0.5, 0.6) is 11.5 Å². The minimum absolute atomic E-state index is 0.766. The molecule has 0 aliphatic carbocycles. The summed E-state index contributed by atoms with van der Waals surface area (Å²) in [7, 11) is 3.32. The summed E-state index contributed by atoms with van der Waals surface area (Å²) in [4.78, 5) is 4.43. The van der Waals surface area contributed by atoms with Gasteiger partial charge in [0.05, 0.1) is 20.8 Å². The van der Waals surface area contributed by atoms with Crippen LogP contribution in [0, 0.1) is 0 Å². The fourth-order valence-electron chi connectivity index (χ4n) is 2.51. The van der Waals surface area contributed by atoms with Crippen LogP contribution in [-0.4, -0.2) is 30.3 Å². The Morgan fingerprint density at radius 3 is 2.74 bits per heavy atom. The Balaban J connectivity index is 1.80. The second-order valence-corrected chi connectivity index (χ2v) is 5.51. The summed E-state index contributed by atoms with van der Waals surface area (Å²) in [5.74, 6) is 2.65. The van der Waals surface area contributed by atoms with Crippen LogP contribution in [0.2, 0.25) is 0 Å². The van der Waals surface area contributed by atoms with Gasteiger partial charge in [-0.25, -0.2) is 4.98 Å². The Morgan fingerprint density at radius 2 is 2.00 bits per heavy atom. The van der Waals surface area contributed by atoms with Crippen molar-refractivity contribution in [2.24, 2.45) is 0 Å². The van der Waals surface area contributed by atoms with E-state index in [-0.39, 0.29) is 0 Å². The Hall–Kier alpha value is -2.01. The first kappa shape index (κ1) is 17.3. The molecule has 23 heavy (non-hydrogen) atoms. The highest BCUT2D eigenvalue weighted by Crippen LogP contribution is 2.27. The standard InChI is InChI=1S/C18H27N3O2/c1-4-5-11-21-12-10-20-18(21)14-19-9-8-15-6-7-16(22-2)17(13-15)23-3/h6-7,10,12-13,19H,4-5,8-9,11,14H2,1-3H3. The molecule has 0 aliphatic rings. The summed E-state index contributed by atoms with van der Waals surface area (Å²) < 4.78 is 12.8. The Labute approximate surface area is 138 Å². The van der Waals surface area contributed by atoms with Crippen LogP contribution in [0.4, 0.5) is 0 Å². The Morgan fingerprint density at radius 1 is 1.17 bits per heavy atom. The van der Waals surface area contributed by atoms with E-state index in [2.05, 4.69) is 34.1 Å². The van der Waals surface area contributed by atoms with Crippen molar-refractivity contribution >= 4 is 0 Å². The first-order chi connectivity index (χ1) is 11.3. The van der Waals surface area contributed by atoms with Gasteiger partial charge in [0.25, 0.3) is 0 Å². The van der Waals surface area contributed by atoms with E-state index in [1.165, 1.54) is 18.4 Å². The molecule has 0 bridgehead atoms. The quantitative estimate of drug-likeness (QED) is 0.684. The highest BCUT2D eigenvalue weighted by molar-refractivity contribution is 5.42. The van der Waals surface area contributed by atoms with Crippen molar-refractivity contribution in [1.29, 1.82) is 0 Å². The first-order valence-electron chi connectivity index (χ1n) is 8.20. The highest BCUT2D eigenvalue weighted by atomic mass is 16.5. The molecule has 0 spiro atoms. The molecule has 2 rings (SSSR count). The minimum Gasteiger partial charge on any atom is -0.493 e. The van der Waals surface area contributed by atoms with Gasteiger partial charge < -0.3 is 19.4 Å². The summed E-state index contributed by atoms with van der Waals surface area (Å²) in [5.41, 5.74) is 1.23. The summed E-state index contributed by atoms with van der Waals surface area (Å²) in [5, 5.41) is 3.46. The molecule has 0 fully saturated rings. The maximum absolute atomic E-state index is 5.34. The number of benzene rings is 1. The average Bonchev–Trinajstić information content (AvgIpc) is 3.03. The zero-order valence-corrected chi connectivity index (χ0v) is 14.3. The molecule has 2 aromatic rings. The number of rotatable bonds is 10. The van der Waals surface area contributed by atoms with Crippen molar-refractivity contribution in [3.8, 4) is 11.5 Å². The van der Waals surface area contributed by atoms with Crippen LogP contribution < -0.4 is 14.8 Å². The molecule has 0 radical (unpaired) electrons. The normalized spacial score (nSPS) is 10.7. The third-order valence-corrected chi connectivity index (χ3v) is 3.88. The predicted molar refractivity (Wildman–Crippen MR) is 92.1 cm³/mol. The lowest BCUT2D eigenvalue weighted by Gasteiger charge is -2.10. The number of imidazole rings is 1. The minimum atomic E-state index is 0.766. The van der Waals surface area contributed by atoms with Crippen LogP contribution in [0.15, 0.2) is 30.6 Å². The average molecular weight is 317 g/mol. The third-order valence-electron chi connectivity index (χ3n) is 3.88. The first-order valence-corrected chi connectivity index (χ1v) is 8.20. The van der Waals surface area contributed by atoms with Crippen LogP contribution in [0.3, 0.4) is 0 Å². The van der Waals surface area contributed by atoms with Gasteiger partial charge in [0.15, 0.2) is 11.5 Å². The molecule has 0 saturated heterocycles. The van der Waals surface area contributed by atoms with Gasteiger partial charge in [-0.1, -0.05) is 19.4 Å². The molecule has 1 aromatic carbocycles. The summed E-state index contributed by atoms with van der Waals surface area (Å²) >= 11 is 0. The van der Waals surface area contributed by atoms with Gasteiger partial charge in [-0.2, -0.15) is 0 Å². The molecule has 1 N–H and O–H groups in total. The second kappa shape index (κ2) is 9.20. The molecule has 0 saturated carbocycles. The smallest absolute Gasteiger partial charge is 0.160 e. The number of unbranched alkanes of at least 4 members (excludes halogenated alkanes) is 1. The monoisotopic (exact) mass is 317 g/mol. The number of ether oxygens (including phenoxy) is 2. The van der Waals surface area contributed by atoms with E-state index < -0.39 is 0 Å². The van der Waals surface area contributed by atoms with Crippen LogP contribution in [0.25, 0.3) is 0 Å². The second-order valence-electron chi connectivity index (χ2n) is 5.51. The summed E-state index contributed by atoms with van der Waals surface area (Å²) in [6, 6.07) is 6.06. The number of aromatic nitrogens is 2. The zero-order chi connectivity index (χ0) is 16.5. The van der Waals surface area contributed by atoms with Gasteiger partial charge in [-0.15, -0.1) is 0 Å². The lowest BCUT2D eigenvalue weighted by Crippen LogP contribution is -2.19. The van der Waals surface area contributed by atoms with Gasteiger partial charge >= 0.3 is 0 Å². The van der Waals surface area contributed by atoms with Gasteiger partial charge in [0.1, 0.15) is 5.82 Å². The van der Waals surface area contributed by atoms with Gasteiger partial charge in [0, 0.05) is 18.9 Å². The number of aryl methyl sites for hydroxylation is 1. The van der Waals surface area contributed by atoms with Crippen LogP contribution in [0.1, 0.15) is 31.2 Å². The Bertz CT molecular complexity index is 596. The molecule has 0 atom stereocenters. The number of nitrogens with one attached hydrogen (secondary N) is 1. The molecule has 5 heteroatoms. The van der Waals surface area contributed by atoms with Crippen LogP contribution >= 0.6 is 0 Å². The van der Waals surface area contributed by atoms with E-state index in [1.807, 2.05) is 18.3 Å². The predicted octanol–water partition coefficient (Wildman–Crippen LogP) is 3.03. The van der Waals surface area contributed by atoms with Crippen molar-refractivity contribution in [1.82, 2.24) is 14.9 Å². The van der Waals surface area contributed by atoms with E-state index in [9.17, 15) is 0 Å². The lowest BCUT2D eigenvalue weighted by molar-refractivity contribution is 0.354. The molecule has 5 nitrogen and oxygen atoms in total. The molecule has 1 heterocycles. The van der Waals surface area contributed by atoms with Crippen molar-refractivity contribution in [3.63, 3.8) is 0 Å². The van der Waals surface area contributed by atoms with Crippen molar-refractivity contribution < 1.29 is 9.47 Å². The molecule has 0 unspecified atom stereocenters. The van der Waals surface area contributed by atoms with Gasteiger partial charge in [-0.3, -0.25) is 0 Å². The van der Waals surface area contributed by atoms with Crippen molar-refractivity contribution in [3.05, 3.63) is 42.0 Å². The highest BCUT2D eigenvalue weighted by Gasteiger charge is 2.05. The van der Waals surface area contributed by atoms with E-state index in [0.717, 1.165) is 43.4 Å². The Kier molecular flexibility index (Phi) is 6.94. The maximum Gasteiger partial charge on any atom is 0.160 e. The molecular weight excluding hydrogens is 290 g/mol. The summed E-state index contributed by atoms with van der Waals surface area (Å²) in [6.07, 6.45) is 7.26. The van der Waals surface area contributed by atoms with Gasteiger partial charge in [-0.05, 0) is 37.1 Å². The molecule has 1 aromatic heterocycles. The lowest BCUT2D eigenvalue weighted by atomic mass is 10.1. The van der Waals surface area contributed by atoms with E-state index >= 15 is 0 Å².